The van der Waals surface area contributed by atoms with Gasteiger partial charge in [0.05, 0.1) is 29.8 Å². The topological polar surface area (TPSA) is 106 Å². The number of H-pyrrole nitrogens is 1. The van der Waals surface area contributed by atoms with E-state index in [1.807, 2.05) is 24.4 Å². The summed E-state index contributed by atoms with van der Waals surface area (Å²) < 4.78 is 0. The molecule has 35 heavy (non-hydrogen) atoms. The maximum atomic E-state index is 9.28. The van der Waals surface area contributed by atoms with E-state index in [2.05, 4.69) is 47.0 Å². The van der Waals surface area contributed by atoms with Crippen LogP contribution in [0.3, 0.4) is 0 Å². The molecule has 0 spiro atoms. The highest BCUT2D eigenvalue weighted by molar-refractivity contribution is 6.04. The third-order valence-corrected chi connectivity index (χ3v) is 6.78. The normalized spacial score (nSPS) is 17.1. The third-order valence-electron chi connectivity index (χ3n) is 6.78. The number of imidazole rings is 1. The predicted molar refractivity (Wildman–Crippen MR) is 133 cm³/mol. The maximum absolute atomic E-state index is 9.28. The number of benzene rings is 1. The Labute approximate surface area is 203 Å². The molecule has 6 rings (SSSR count). The maximum Gasteiger partial charge on any atom is 0.147 e. The number of nitrogens with one attached hydrogen (secondary N) is 1. The Morgan fingerprint density at radius 1 is 0.914 bits per heavy atom. The van der Waals surface area contributed by atoms with Crippen molar-refractivity contribution in [1.82, 2.24) is 29.8 Å². The lowest BCUT2D eigenvalue weighted by molar-refractivity contribution is 0.244. The van der Waals surface area contributed by atoms with E-state index in [0.717, 1.165) is 91.0 Å². The van der Waals surface area contributed by atoms with Crippen molar-refractivity contribution < 1.29 is 5.21 Å². The predicted octanol–water partition coefficient (Wildman–Crippen LogP) is 3.38. The van der Waals surface area contributed by atoms with Crippen molar-refractivity contribution in [3.8, 4) is 22.5 Å². The van der Waals surface area contributed by atoms with Gasteiger partial charge in [0.15, 0.2) is 0 Å². The monoisotopic (exact) mass is 466 g/mol. The minimum Gasteiger partial charge on any atom is -0.411 e. The molecule has 0 amide bonds. The van der Waals surface area contributed by atoms with Crippen LogP contribution in [0.2, 0.25) is 0 Å². The van der Waals surface area contributed by atoms with Gasteiger partial charge in [0.25, 0.3) is 0 Å². The molecule has 1 saturated heterocycles. The van der Waals surface area contributed by atoms with E-state index in [9.17, 15) is 5.21 Å². The van der Waals surface area contributed by atoms with E-state index in [1.54, 1.807) is 24.8 Å². The van der Waals surface area contributed by atoms with Crippen LogP contribution in [0.25, 0.3) is 22.5 Å². The van der Waals surface area contributed by atoms with Crippen molar-refractivity contribution in [1.29, 1.82) is 0 Å². The number of hydrogen-bond donors (Lipinski definition) is 2. The van der Waals surface area contributed by atoms with Crippen LogP contribution in [0.5, 0.6) is 0 Å². The zero-order valence-corrected chi connectivity index (χ0v) is 19.3. The SMILES string of the molecule is ON=C1CCc2cc(-c3nc(CN4CCN(c5cnccn5)CC4)[nH]c3-c3ccncc3)ccc21. The van der Waals surface area contributed by atoms with Gasteiger partial charge in [0.1, 0.15) is 11.6 Å². The summed E-state index contributed by atoms with van der Waals surface area (Å²) in [6.45, 7) is 4.42. The number of aromatic nitrogens is 5. The van der Waals surface area contributed by atoms with E-state index < -0.39 is 0 Å². The molecule has 1 aliphatic carbocycles. The first-order chi connectivity index (χ1) is 17.3. The average Bonchev–Trinajstić information content (AvgIpc) is 3.54. The standard InChI is InChI=1S/C26H26N8O/c35-32-22-4-2-19-15-20(1-3-21(19)22)26-25(18-5-7-27-8-6-18)30-23(31-26)17-33-11-13-34(14-12-33)24-16-28-9-10-29-24/h1,3,5-10,15-16,35H,2,4,11-14,17H2,(H,30,31). The van der Waals surface area contributed by atoms with Crippen LogP contribution in [0.1, 0.15) is 23.4 Å². The summed E-state index contributed by atoms with van der Waals surface area (Å²) in [6.07, 6.45) is 10.5. The number of aromatic amines is 1. The van der Waals surface area contributed by atoms with Gasteiger partial charge in [-0.05, 0) is 36.6 Å². The molecule has 4 heterocycles. The molecule has 0 saturated carbocycles. The number of anilines is 1. The van der Waals surface area contributed by atoms with Crippen LogP contribution in [-0.4, -0.2) is 66.9 Å². The summed E-state index contributed by atoms with van der Waals surface area (Å²) in [4.78, 5) is 26.1. The van der Waals surface area contributed by atoms with E-state index in [4.69, 9.17) is 4.98 Å². The van der Waals surface area contributed by atoms with Gasteiger partial charge in [-0.25, -0.2) is 9.97 Å². The van der Waals surface area contributed by atoms with Gasteiger partial charge in [-0.1, -0.05) is 17.3 Å². The summed E-state index contributed by atoms with van der Waals surface area (Å²) in [7, 11) is 0. The van der Waals surface area contributed by atoms with Crippen molar-refractivity contribution in [2.45, 2.75) is 19.4 Å². The summed E-state index contributed by atoms with van der Waals surface area (Å²) in [5.74, 6) is 1.87. The summed E-state index contributed by atoms with van der Waals surface area (Å²) in [5, 5.41) is 12.7. The molecule has 9 nitrogen and oxygen atoms in total. The van der Waals surface area contributed by atoms with Gasteiger partial charge in [-0.15, -0.1) is 0 Å². The minimum atomic E-state index is 0.749. The molecule has 176 valence electrons. The van der Waals surface area contributed by atoms with Gasteiger partial charge in [-0.3, -0.25) is 14.9 Å². The number of hydrogen-bond acceptors (Lipinski definition) is 8. The van der Waals surface area contributed by atoms with Crippen LogP contribution in [-0.2, 0) is 13.0 Å². The quantitative estimate of drug-likeness (QED) is 0.343. The van der Waals surface area contributed by atoms with Gasteiger partial charge in [0.2, 0.25) is 0 Å². The van der Waals surface area contributed by atoms with Crippen LogP contribution in [0.15, 0.2) is 66.5 Å². The third kappa shape index (κ3) is 4.26. The fourth-order valence-electron chi connectivity index (χ4n) is 4.96. The number of oxime groups is 1. The second-order valence-electron chi connectivity index (χ2n) is 8.89. The van der Waals surface area contributed by atoms with Crippen LogP contribution < -0.4 is 4.90 Å². The van der Waals surface area contributed by atoms with Crippen LogP contribution in [0, 0.1) is 0 Å². The van der Waals surface area contributed by atoms with Gasteiger partial charge < -0.3 is 15.1 Å². The van der Waals surface area contributed by atoms with Gasteiger partial charge in [-0.2, -0.15) is 0 Å². The van der Waals surface area contributed by atoms with Crippen molar-refractivity contribution in [3.05, 3.63) is 78.3 Å². The molecule has 9 heteroatoms. The fourth-order valence-corrected chi connectivity index (χ4v) is 4.96. The Morgan fingerprint density at radius 2 is 1.77 bits per heavy atom. The van der Waals surface area contributed by atoms with Crippen molar-refractivity contribution in [3.63, 3.8) is 0 Å². The molecule has 0 bridgehead atoms. The molecule has 1 aliphatic heterocycles. The Morgan fingerprint density at radius 3 is 2.54 bits per heavy atom. The first kappa shape index (κ1) is 21.4. The largest absolute Gasteiger partial charge is 0.411 e. The second kappa shape index (κ2) is 9.27. The van der Waals surface area contributed by atoms with Crippen molar-refractivity contribution >= 4 is 11.5 Å². The van der Waals surface area contributed by atoms with Gasteiger partial charge >= 0.3 is 0 Å². The first-order valence-corrected chi connectivity index (χ1v) is 11.9. The van der Waals surface area contributed by atoms with Crippen molar-refractivity contribution in [2.24, 2.45) is 5.16 Å². The van der Waals surface area contributed by atoms with E-state index in [1.165, 1.54) is 5.56 Å². The number of aryl methyl sites for hydroxylation is 1. The fraction of sp³-hybridized carbons (Fsp3) is 0.269. The van der Waals surface area contributed by atoms with Gasteiger partial charge in [0, 0.05) is 67.7 Å². The van der Waals surface area contributed by atoms with E-state index in [0.29, 0.717) is 0 Å². The Hall–Kier alpha value is -4.11. The zero-order valence-electron chi connectivity index (χ0n) is 19.3. The molecular weight excluding hydrogens is 440 g/mol. The second-order valence-corrected chi connectivity index (χ2v) is 8.89. The number of nitrogens with zero attached hydrogens (tertiary/aromatic N) is 7. The molecule has 1 fully saturated rings. The molecule has 4 aromatic rings. The molecule has 0 atom stereocenters. The lowest BCUT2D eigenvalue weighted by Gasteiger charge is -2.34. The average molecular weight is 467 g/mol. The number of fused-ring (bicyclic) bond motifs is 1. The Kier molecular flexibility index (Phi) is 5.67. The number of rotatable bonds is 5. The number of pyridine rings is 1. The lowest BCUT2D eigenvalue weighted by atomic mass is 10.0. The van der Waals surface area contributed by atoms with Crippen molar-refractivity contribution in [2.75, 3.05) is 31.1 Å². The molecule has 0 radical (unpaired) electrons. The van der Waals surface area contributed by atoms with Crippen LogP contribution in [0.4, 0.5) is 5.82 Å². The van der Waals surface area contributed by atoms with E-state index >= 15 is 0 Å². The minimum absolute atomic E-state index is 0.749. The van der Waals surface area contributed by atoms with Crippen LogP contribution >= 0.6 is 0 Å². The smallest absolute Gasteiger partial charge is 0.147 e. The summed E-state index contributed by atoms with van der Waals surface area (Å²) >= 11 is 0. The zero-order chi connectivity index (χ0) is 23.6. The molecular formula is C26H26N8O. The first-order valence-electron chi connectivity index (χ1n) is 11.9. The molecule has 2 aliphatic rings. The summed E-state index contributed by atoms with van der Waals surface area (Å²) in [6, 6.07) is 10.3. The molecule has 0 unspecified atom stereocenters. The highest BCUT2D eigenvalue weighted by Gasteiger charge is 2.23. The Bertz CT molecular complexity index is 1340. The Balaban J connectivity index is 1.26. The highest BCUT2D eigenvalue weighted by Crippen LogP contribution is 2.33. The molecule has 2 N–H and O–H groups in total. The number of piperazine rings is 1. The van der Waals surface area contributed by atoms with E-state index in [-0.39, 0.29) is 0 Å². The summed E-state index contributed by atoms with van der Waals surface area (Å²) in [5.41, 5.74) is 7.02. The molecule has 1 aromatic carbocycles. The lowest BCUT2D eigenvalue weighted by Crippen LogP contribution is -2.46. The highest BCUT2D eigenvalue weighted by atomic mass is 16.4. The molecule has 3 aromatic heterocycles.